The summed E-state index contributed by atoms with van der Waals surface area (Å²) in [5.74, 6) is 2.80. The Labute approximate surface area is 95.9 Å². The number of hydrogen-bond donors (Lipinski definition) is 1. The van der Waals surface area contributed by atoms with Gasteiger partial charge in [-0.25, -0.2) is 0 Å². The molecule has 0 saturated carbocycles. The Bertz CT molecular complexity index is 383. The van der Waals surface area contributed by atoms with Crippen molar-refractivity contribution in [2.24, 2.45) is 0 Å². The third-order valence-corrected chi connectivity index (χ3v) is 3.94. The predicted octanol–water partition coefficient (Wildman–Crippen LogP) is 3.13. The summed E-state index contributed by atoms with van der Waals surface area (Å²) in [5.41, 5.74) is 1.26. The van der Waals surface area contributed by atoms with Gasteiger partial charge in [0.1, 0.15) is 0 Å². The van der Waals surface area contributed by atoms with Crippen LogP contribution < -0.4 is 5.32 Å². The fraction of sp³-hybridized carbons (Fsp3) is 0.538. The fourth-order valence-electron chi connectivity index (χ4n) is 2.11. The first-order valence-corrected chi connectivity index (χ1v) is 6.32. The SMILES string of the molecule is C#CC(C)(C)NC1CCCc2sccc21. The van der Waals surface area contributed by atoms with Crippen molar-refractivity contribution in [1.29, 1.82) is 0 Å². The van der Waals surface area contributed by atoms with Crippen LogP contribution in [0.3, 0.4) is 0 Å². The fourth-order valence-corrected chi connectivity index (χ4v) is 3.10. The molecule has 1 N–H and O–H groups in total. The maximum atomic E-state index is 5.51. The molecule has 1 aromatic rings. The normalized spacial score (nSPS) is 20.7. The Morgan fingerprint density at radius 2 is 2.40 bits per heavy atom. The Hall–Kier alpha value is -0.780. The van der Waals surface area contributed by atoms with E-state index >= 15 is 0 Å². The molecule has 0 saturated heterocycles. The molecule has 0 spiro atoms. The largest absolute Gasteiger partial charge is 0.295 e. The zero-order chi connectivity index (χ0) is 10.9. The van der Waals surface area contributed by atoms with Crippen LogP contribution in [-0.2, 0) is 6.42 Å². The molecule has 1 heterocycles. The zero-order valence-electron chi connectivity index (χ0n) is 9.34. The minimum Gasteiger partial charge on any atom is -0.295 e. The first kappa shape index (κ1) is 10.7. The smallest absolute Gasteiger partial charge is 0.0746 e. The average molecular weight is 219 g/mol. The summed E-state index contributed by atoms with van der Waals surface area (Å²) in [5, 5.41) is 5.75. The first-order chi connectivity index (χ1) is 7.12. The number of aryl methyl sites for hydroxylation is 1. The third kappa shape index (κ3) is 2.25. The maximum Gasteiger partial charge on any atom is 0.0746 e. The van der Waals surface area contributed by atoms with Gasteiger partial charge >= 0.3 is 0 Å². The van der Waals surface area contributed by atoms with Crippen LogP contribution in [0.25, 0.3) is 0 Å². The van der Waals surface area contributed by atoms with E-state index < -0.39 is 0 Å². The van der Waals surface area contributed by atoms with Crippen molar-refractivity contribution in [3.8, 4) is 12.3 Å². The van der Waals surface area contributed by atoms with Crippen molar-refractivity contribution < 1.29 is 0 Å². The van der Waals surface area contributed by atoms with Crippen molar-refractivity contribution in [3.63, 3.8) is 0 Å². The molecule has 0 fully saturated rings. The number of hydrogen-bond acceptors (Lipinski definition) is 2. The summed E-state index contributed by atoms with van der Waals surface area (Å²) < 4.78 is 0. The molecule has 15 heavy (non-hydrogen) atoms. The molecule has 0 aliphatic heterocycles. The molecule has 1 aromatic heterocycles. The van der Waals surface area contributed by atoms with E-state index in [0.29, 0.717) is 6.04 Å². The second-order valence-corrected chi connectivity index (χ2v) is 5.66. The summed E-state index contributed by atoms with van der Waals surface area (Å²) in [6.45, 7) is 4.13. The topological polar surface area (TPSA) is 12.0 Å². The van der Waals surface area contributed by atoms with Gasteiger partial charge in [0.05, 0.1) is 5.54 Å². The first-order valence-electron chi connectivity index (χ1n) is 5.44. The standard InChI is InChI=1S/C13H17NS/c1-4-13(2,3)14-11-6-5-7-12-10(11)8-9-15-12/h1,8-9,11,14H,5-7H2,2-3H3. The lowest BCUT2D eigenvalue weighted by molar-refractivity contribution is 0.377. The molecule has 1 atom stereocenters. The molecule has 1 nitrogen and oxygen atoms in total. The van der Waals surface area contributed by atoms with E-state index in [2.05, 4.69) is 36.5 Å². The van der Waals surface area contributed by atoms with E-state index in [0.717, 1.165) is 0 Å². The maximum absolute atomic E-state index is 5.51. The summed E-state index contributed by atoms with van der Waals surface area (Å²) in [4.78, 5) is 1.53. The molecule has 0 radical (unpaired) electrons. The Morgan fingerprint density at radius 3 is 3.13 bits per heavy atom. The van der Waals surface area contributed by atoms with Gasteiger partial charge in [0.2, 0.25) is 0 Å². The van der Waals surface area contributed by atoms with E-state index in [1.807, 2.05) is 11.3 Å². The van der Waals surface area contributed by atoms with Crippen molar-refractivity contribution >= 4 is 11.3 Å². The Kier molecular flexibility index (Phi) is 2.86. The molecule has 0 amide bonds. The highest BCUT2D eigenvalue weighted by Gasteiger charge is 2.25. The minimum atomic E-state index is -0.207. The minimum absolute atomic E-state index is 0.207. The van der Waals surface area contributed by atoms with Crippen LogP contribution in [0.5, 0.6) is 0 Å². The monoisotopic (exact) mass is 219 g/mol. The summed E-state index contributed by atoms with van der Waals surface area (Å²) >= 11 is 1.87. The van der Waals surface area contributed by atoms with E-state index in [4.69, 9.17) is 6.42 Å². The number of terminal acetylenes is 1. The molecule has 0 aromatic carbocycles. The van der Waals surface area contributed by atoms with Crippen LogP contribution >= 0.6 is 11.3 Å². The van der Waals surface area contributed by atoms with Crippen LogP contribution in [0.2, 0.25) is 0 Å². The van der Waals surface area contributed by atoms with Crippen molar-refractivity contribution in [1.82, 2.24) is 5.32 Å². The van der Waals surface area contributed by atoms with Gasteiger partial charge in [-0.3, -0.25) is 5.32 Å². The van der Waals surface area contributed by atoms with E-state index in [1.54, 1.807) is 0 Å². The molecule has 1 aliphatic carbocycles. The van der Waals surface area contributed by atoms with Crippen molar-refractivity contribution in [2.45, 2.75) is 44.7 Å². The van der Waals surface area contributed by atoms with Gasteiger partial charge in [-0.05, 0) is 50.1 Å². The molecular formula is C13H17NS. The number of thiophene rings is 1. The van der Waals surface area contributed by atoms with E-state index in [-0.39, 0.29) is 5.54 Å². The molecule has 1 unspecified atom stereocenters. The Balaban J connectivity index is 2.17. The lowest BCUT2D eigenvalue weighted by Gasteiger charge is -2.30. The van der Waals surface area contributed by atoms with Crippen molar-refractivity contribution in [2.75, 3.05) is 0 Å². The number of nitrogens with one attached hydrogen (secondary N) is 1. The van der Waals surface area contributed by atoms with Crippen LogP contribution in [-0.4, -0.2) is 5.54 Å². The van der Waals surface area contributed by atoms with Crippen LogP contribution in [0.15, 0.2) is 11.4 Å². The van der Waals surface area contributed by atoms with Gasteiger partial charge in [-0.2, -0.15) is 0 Å². The van der Waals surface area contributed by atoms with Gasteiger partial charge in [0, 0.05) is 10.9 Å². The Morgan fingerprint density at radius 1 is 1.60 bits per heavy atom. The second kappa shape index (κ2) is 4.00. The second-order valence-electron chi connectivity index (χ2n) is 4.66. The van der Waals surface area contributed by atoms with E-state index in [9.17, 15) is 0 Å². The van der Waals surface area contributed by atoms with Crippen LogP contribution in [0.4, 0.5) is 0 Å². The highest BCUT2D eigenvalue weighted by molar-refractivity contribution is 7.10. The number of rotatable bonds is 2. The summed E-state index contributed by atoms with van der Waals surface area (Å²) in [7, 11) is 0. The van der Waals surface area contributed by atoms with Gasteiger partial charge in [0.15, 0.2) is 0 Å². The lowest BCUT2D eigenvalue weighted by atomic mass is 9.91. The molecule has 80 valence electrons. The van der Waals surface area contributed by atoms with Crippen LogP contribution in [0, 0.1) is 12.3 Å². The molecule has 2 rings (SSSR count). The predicted molar refractivity (Wildman–Crippen MR) is 66.0 cm³/mol. The highest BCUT2D eigenvalue weighted by atomic mass is 32.1. The molecule has 2 heteroatoms. The van der Waals surface area contributed by atoms with Gasteiger partial charge in [-0.15, -0.1) is 17.8 Å². The van der Waals surface area contributed by atoms with Gasteiger partial charge in [-0.1, -0.05) is 5.92 Å². The van der Waals surface area contributed by atoms with E-state index in [1.165, 1.54) is 29.7 Å². The average Bonchev–Trinajstić information content (AvgIpc) is 2.66. The number of fused-ring (bicyclic) bond motifs is 1. The molecule has 0 bridgehead atoms. The molecular weight excluding hydrogens is 202 g/mol. The van der Waals surface area contributed by atoms with Gasteiger partial charge in [0.25, 0.3) is 0 Å². The lowest BCUT2D eigenvalue weighted by Crippen LogP contribution is -2.41. The van der Waals surface area contributed by atoms with Crippen LogP contribution in [0.1, 0.15) is 43.2 Å². The summed E-state index contributed by atoms with van der Waals surface area (Å²) in [6.07, 6.45) is 9.22. The highest BCUT2D eigenvalue weighted by Crippen LogP contribution is 2.34. The summed E-state index contributed by atoms with van der Waals surface area (Å²) in [6, 6.07) is 2.69. The molecule has 1 aliphatic rings. The van der Waals surface area contributed by atoms with Crippen molar-refractivity contribution in [3.05, 3.63) is 21.9 Å². The quantitative estimate of drug-likeness (QED) is 0.754. The van der Waals surface area contributed by atoms with Gasteiger partial charge < -0.3 is 0 Å². The third-order valence-electron chi connectivity index (χ3n) is 2.95. The zero-order valence-corrected chi connectivity index (χ0v) is 10.2.